The minimum atomic E-state index is 0. The van der Waals surface area contributed by atoms with E-state index in [9.17, 15) is 0 Å². The number of hydrogen-bond donors (Lipinski definition) is 2. The molecule has 3 rings (SSSR count). The van der Waals surface area contributed by atoms with Crippen LogP contribution in [0.3, 0.4) is 0 Å². The highest BCUT2D eigenvalue weighted by Crippen LogP contribution is 2.28. The molecule has 1 aromatic carbocycles. The van der Waals surface area contributed by atoms with Crippen molar-refractivity contribution in [1.29, 1.82) is 0 Å². The van der Waals surface area contributed by atoms with Crippen LogP contribution in [-0.4, -0.2) is 63.3 Å². The van der Waals surface area contributed by atoms with Crippen LogP contribution in [0.1, 0.15) is 5.56 Å². The summed E-state index contributed by atoms with van der Waals surface area (Å²) in [5.41, 5.74) is 7.74. The van der Waals surface area contributed by atoms with Crippen LogP contribution >= 0.6 is 24.0 Å². The summed E-state index contributed by atoms with van der Waals surface area (Å²) in [6.45, 7) is 4.56. The third-order valence-electron chi connectivity index (χ3n) is 4.74. The summed E-state index contributed by atoms with van der Waals surface area (Å²) in [5.74, 6) is 2.68. The van der Waals surface area contributed by atoms with E-state index in [1.165, 1.54) is 0 Å². The number of benzene rings is 1. The molecule has 0 amide bonds. The monoisotopic (exact) mass is 512 g/mol. The van der Waals surface area contributed by atoms with Crippen molar-refractivity contribution in [2.75, 3.05) is 57.7 Å². The smallest absolute Gasteiger partial charge is 0.193 e. The van der Waals surface area contributed by atoms with Gasteiger partial charge in [-0.2, -0.15) is 0 Å². The van der Waals surface area contributed by atoms with E-state index in [1.807, 2.05) is 36.5 Å². The predicted octanol–water partition coefficient (Wildman–Crippen LogP) is 2.40. The third kappa shape index (κ3) is 6.36. The van der Waals surface area contributed by atoms with E-state index in [2.05, 4.69) is 32.1 Å². The lowest BCUT2D eigenvalue weighted by atomic mass is 10.2. The van der Waals surface area contributed by atoms with Crippen LogP contribution < -0.4 is 25.4 Å². The Morgan fingerprint density at radius 2 is 1.90 bits per heavy atom. The number of nitrogens with two attached hydrogens (primary N) is 1. The van der Waals surface area contributed by atoms with E-state index in [0.717, 1.165) is 37.6 Å². The van der Waals surface area contributed by atoms with Crippen molar-refractivity contribution in [2.45, 2.75) is 6.54 Å². The zero-order valence-electron chi connectivity index (χ0n) is 17.1. The Morgan fingerprint density at radius 3 is 2.52 bits per heavy atom. The molecule has 1 aliphatic heterocycles. The lowest BCUT2D eigenvalue weighted by Crippen LogP contribution is -2.44. The number of nitrogens with zero attached hydrogens (tertiary/aromatic N) is 4. The predicted molar refractivity (Wildman–Crippen MR) is 128 cm³/mol. The molecule has 158 valence electrons. The summed E-state index contributed by atoms with van der Waals surface area (Å²) in [4.78, 5) is 13.6. The largest absolute Gasteiger partial charge is 0.497 e. The van der Waals surface area contributed by atoms with Gasteiger partial charge >= 0.3 is 0 Å². The van der Waals surface area contributed by atoms with E-state index in [4.69, 9.17) is 15.2 Å². The fraction of sp³-hybridized carbons (Fsp3) is 0.400. The van der Waals surface area contributed by atoms with Crippen LogP contribution in [0.25, 0.3) is 0 Å². The van der Waals surface area contributed by atoms with Gasteiger partial charge in [0.1, 0.15) is 17.3 Å². The molecular weight excluding hydrogens is 483 g/mol. The van der Waals surface area contributed by atoms with Crippen molar-refractivity contribution >= 4 is 41.4 Å². The highest BCUT2D eigenvalue weighted by atomic mass is 127. The van der Waals surface area contributed by atoms with Crippen molar-refractivity contribution in [3.05, 3.63) is 42.1 Å². The van der Waals surface area contributed by atoms with Gasteiger partial charge in [-0.25, -0.2) is 9.98 Å². The molecule has 1 aromatic heterocycles. The number of aliphatic imine (C=N–C) groups is 1. The number of halogens is 1. The molecule has 0 radical (unpaired) electrons. The Hall–Kier alpha value is -2.27. The van der Waals surface area contributed by atoms with Crippen LogP contribution in [0.2, 0.25) is 0 Å². The van der Waals surface area contributed by atoms with Crippen LogP contribution in [0.4, 0.5) is 11.5 Å². The zero-order valence-corrected chi connectivity index (χ0v) is 19.4. The SMILES string of the molecule is COc1ccc(OC)c(NC(N)=NCc2ccc(N3CCN(C)CC3)nc2)c1.I. The first-order valence-electron chi connectivity index (χ1n) is 9.26. The summed E-state index contributed by atoms with van der Waals surface area (Å²) in [5, 5.41) is 3.06. The van der Waals surface area contributed by atoms with Gasteiger partial charge in [-0.3, -0.25) is 0 Å². The Labute approximate surface area is 189 Å². The van der Waals surface area contributed by atoms with Crippen molar-refractivity contribution in [3.8, 4) is 11.5 Å². The molecule has 29 heavy (non-hydrogen) atoms. The number of ether oxygens (including phenoxy) is 2. The fourth-order valence-corrected chi connectivity index (χ4v) is 3.00. The highest BCUT2D eigenvalue weighted by Gasteiger charge is 2.14. The number of likely N-dealkylation sites (N-methyl/N-ethyl adjacent to an activating group) is 1. The summed E-state index contributed by atoms with van der Waals surface area (Å²) >= 11 is 0. The maximum absolute atomic E-state index is 6.04. The summed E-state index contributed by atoms with van der Waals surface area (Å²) < 4.78 is 10.6. The highest BCUT2D eigenvalue weighted by molar-refractivity contribution is 14.0. The molecule has 9 heteroatoms. The van der Waals surface area contributed by atoms with Crippen molar-refractivity contribution in [3.63, 3.8) is 0 Å². The van der Waals surface area contributed by atoms with Gasteiger partial charge in [0, 0.05) is 38.4 Å². The van der Waals surface area contributed by atoms with Gasteiger partial charge in [-0.15, -0.1) is 24.0 Å². The zero-order chi connectivity index (χ0) is 19.9. The first kappa shape index (κ1) is 23.0. The van der Waals surface area contributed by atoms with Crippen molar-refractivity contribution < 1.29 is 9.47 Å². The molecule has 2 heterocycles. The number of piperazine rings is 1. The molecule has 2 aromatic rings. The number of pyridine rings is 1. The molecule has 0 unspecified atom stereocenters. The first-order valence-corrected chi connectivity index (χ1v) is 9.26. The minimum Gasteiger partial charge on any atom is -0.497 e. The molecule has 1 saturated heterocycles. The number of methoxy groups -OCH3 is 2. The van der Waals surface area contributed by atoms with Gasteiger partial charge in [0.25, 0.3) is 0 Å². The Bertz CT molecular complexity index is 807. The Balaban J connectivity index is 0.00000300. The molecular formula is C20H29IN6O2. The second-order valence-electron chi connectivity index (χ2n) is 6.71. The fourth-order valence-electron chi connectivity index (χ4n) is 3.00. The van der Waals surface area contributed by atoms with Gasteiger partial charge in [-0.1, -0.05) is 6.07 Å². The lowest BCUT2D eigenvalue weighted by molar-refractivity contribution is 0.312. The van der Waals surface area contributed by atoms with Crippen molar-refractivity contribution in [2.24, 2.45) is 10.7 Å². The molecule has 8 nitrogen and oxygen atoms in total. The molecule has 0 bridgehead atoms. The molecule has 1 fully saturated rings. The second kappa shape index (κ2) is 11.1. The van der Waals surface area contributed by atoms with E-state index in [0.29, 0.717) is 29.7 Å². The Morgan fingerprint density at radius 1 is 1.14 bits per heavy atom. The Kier molecular flexibility index (Phi) is 8.77. The summed E-state index contributed by atoms with van der Waals surface area (Å²) in [6.07, 6.45) is 1.86. The van der Waals surface area contributed by atoms with Crippen LogP contribution in [0, 0.1) is 0 Å². The van der Waals surface area contributed by atoms with Gasteiger partial charge in [0.2, 0.25) is 0 Å². The van der Waals surface area contributed by atoms with Crippen LogP contribution in [0.15, 0.2) is 41.5 Å². The maximum atomic E-state index is 6.04. The molecule has 0 atom stereocenters. The normalized spacial score (nSPS) is 14.9. The van der Waals surface area contributed by atoms with Crippen molar-refractivity contribution in [1.82, 2.24) is 9.88 Å². The molecule has 0 saturated carbocycles. The molecule has 3 N–H and O–H groups in total. The standard InChI is InChI=1S/C20H28N6O2.HI/c1-25-8-10-26(11-9-25)19-7-4-15(13-22-19)14-23-20(21)24-17-12-16(27-2)5-6-18(17)28-3;/h4-7,12-13H,8-11,14H2,1-3H3,(H3,21,23,24);1H. The topological polar surface area (TPSA) is 88.2 Å². The van der Waals surface area contributed by atoms with Crippen LogP contribution in [0.5, 0.6) is 11.5 Å². The first-order chi connectivity index (χ1) is 13.6. The minimum absolute atomic E-state index is 0. The van der Waals surface area contributed by atoms with Gasteiger partial charge in [0.15, 0.2) is 5.96 Å². The number of anilines is 2. The quantitative estimate of drug-likeness (QED) is 0.349. The van der Waals surface area contributed by atoms with E-state index >= 15 is 0 Å². The number of nitrogens with one attached hydrogen (secondary N) is 1. The average molecular weight is 512 g/mol. The maximum Gasteiger partial charge on any atom is 0.193 e. The molecule has 0 aliphatic carbocycles. The third-order valence-corrected chi connectivity index (χ3v) is 4.74. The van der Waals surface area contributed by atoms with Crippen LogP contribution in [-0.2, 0) is 6.54 Å². The van der Waals surface area contributed by atoms with E-state index in [1.54, 1.807) is 14.2 Å². The number of rotatable bonds is 6. The summed E-state index contributed by atoms with van der Waals surface area (Å²) in [7, 11) is 5.36. The van der Waals surface area contributed by atoms with Gasteiger partial charge < -0.3 is 30.3 Å². The lowest BCUT2D eigenvalue weighted by Gasteiger charge is -2.33. The van der Waals surface area contributed by atoms with E-state index in [-0.39, 0.29) is 24.0 Å². The summed E-state index contributed by atoms with van der Waals surface area (Å²) in [6, 6.07) is 9.54. The second-order valence-corrected chi connectivity index (χ2v) is 6.71. The van der Waals surface area contributed by atoms with Gasteiger partial charge in [0.05, 0.1) is 26.5 Å². The van der Waals surface area contributed by atoms with Gasteiger partial charge in [-0.05, 0) is 30.8 Å². The molecule has 0 spiro atoms. The average Bonchev–Trinajstić information content (AvgIpc) is 2.73. The number of aromatic nitrogens is 1. The molecule has 1 aliphatic rings. The number of hydrogen-bond acceptors (Lipinski definition) is 6. The van der Waals surface area contributed by atoms with E-state index < -0.39 is 0 Å². The number of guanidine groups is 1.